The maximum Gasteiger partial charge on any atom is 0.258 e. The van der Waals surface area contributed by atoms with Gasteiger partial charge in [-0.3, -0.25) is 4.79 Å². The van der Waals surface area contributed by atoms with Crippen LogP contribution in [0, 0.1) is 18.8 Å². The van der Waals surface area contributed by atoms with Crippen molar-refractivity contribution in [2.45, 2.75) is 38.6 Å². The van der Waals surface area contributed by atoms with E-state index in [2.05, 4.69) is 5.32 Å². The molecule has 19 heavy (non-hydrogen) atoms. The number of carbonyl (C=O) groups excluding carboxylic acids is 1. The zero-order valence-electron chi connectivity index (χ0n) is 11.4. The second-order valence-electron chi connectivity index (χ2n) is 5.95. The smallest absolute Gasteiger partial charge is 0.258 e. The summed E-state index contributed by atoms with van der Waals surface area (Å²) in [5.41, 5.74) is 1.14. The van der Waals surface area contributed by atoms with Crippen molar-refractivity contribution in [3.63, 3.8) is 0 Å². The first-order valence-electron chi connectivity index (χ1n) is 7.19. The molecule has 2 aliphatic carbocycles. The summed E-state index contributed by atoms with van der Waals surface area (Å²) >= 11 is 0. The van der Waals surface area contributed by atoms with E-state index in [4.69, 9.17) is 4.74 Å². The Bertz CT molecular complexity index is 472. The topological polar surface area (TPSA) is 38.3 Å². The van der Waals surface area contributed by atoms with Crippen molar-refractivity contribution in [2.24, 2.45) is 11.8 Å². The Balaban J connectivity index is 1.47. The second-order valence-corrected chi connectivity index (χ2v) is 5.95. The molecule has 3 rings (SSSR count). The summed E-state index contributed by atoms with van der Waals surface area (Å²) in [5, 5.41) is 3.13. The van der Waals surface area contributed by atoms with Gasteiger partial charge >= 0.3 is 0 Å². The standard InChI is InChI=1S/C16H21NO2/c1-11-3-2-4-14(7-11)19-10-16(18)17-15-9-12-5-6-13(15)8-12/h2-4,7,12-13,15H,5-6,8-10H2,1H3,(H,17,18)/t12-,13-,15+/m0/s1. The molecule has 0 radical (unpaired) electrons. The molecule has 3 nitrogen and oxygen atoms in total. The highest BCUT2D eigenvalue weighted by molar-refractivity contribution is 5.78. The van der Waals surface area contributed by atoms with Gasteiger partial charge in [0.1, 0.15) is 5.75 Å². The van der Waals surface area contributed by atoms with Gasteiger partial charge in [0.25, 0.3) is 5.91 Å². The van der Waals surface area contributed by atoms with Crippen LogP contribution in [-0.4, -0.2) is 18.6 Å². The quantitative estimate of drug-likeness (QED) is 0.902. The van der Waals surface area contributed by atoms with Crippen LogP contribution in [-0.2, 0) is 4.79 Å². The van der Waals surface area contributed by atoms with Gasteiger partial charge in [-0.15, -0.1) is 0 Å². The SMILES string of the molecule is Cc1cccc(OCC(=O)N[C@@H]2C[C@H]3CC[C@H]2C3)c1. The number of nitrogens with one attached hydrogen (secondary N) is 1. The fraction of sp³-hybridized carbons (Fsp3) is 0.562. The molecule has 2 saturated carbocycles. The first kappa shape index (κ1) is 12.5. The van der Waals surface area contributed by atoms with Crippen molar-refractivity contribution in [3.05, 3.63) is 29.8 Å². The highest BCUT2D eigenvalue weighted by atomic mass is 16.5. The highest BCUT2D eigenvalue weighted by Gasteiger charge is 2.40. The van der Waals surface area contributed by atoms with E-state index in [1.807, 2.05) is 31.2 Å². The van der Waals surface area contributed by atoms with E-state index >= 15 is 0 Å². The van der Waals surface area contributed by atoms with Crippen molar-refractivity contribution < 1.29 is 9.53 Å². The summed E-state index contributed by atoms with van der Waals surface area (Å²) < 4.78 is 5.53. The molecule has 0 saturated heterocycles. The van der Waals surface area contributed by atoms with Crippen LogP contribution in [0.2, 0.25) is 0 Å². The van der Waals surface area contributed by atoms with Crippen LogP contribution < -0.4 is 10.1 Å². The molecule has 3 heteroatoms. The van der Waals surface area contributed by atoms with Gasteiger partial charge in [0.15, 0.2) is 6.61 Å². The summed E-state index contributed by atoms with van der Waals surface area (Å²) in [5.74, 6) is 2.35. The lowest BCUT2D eigenvalue weighted by Crippen LogP contribution is -2.40. The van der Waals surface area contributed by atoms with Crippen LogP contribution in [0.4, 0.5) is 0 Å². The minimum atomic E-state index is 0.0130. The van der Waals surface area contributed by atoms with Crippen molar-refractivity contribution in [2.75, 3.05) is 6.61 Å². The van der Waals surface area contributed by atoms with Crippen molar-refractivity contribution in [1.82, 2.24) is 5.32 Å². The lowest BCUT2D eigenvalue weighted by atomic mass is 9.95. The predicted octanol–water partition coefficient (Wildman–Crippen LogP) is 2.68. The Morgan fingerprint density at radius 2 is 2.26 bits per heavy atom. The van der Waals surface area contributed by atoms with Crippen molar-refractivity contribution >= 4 is 5.91 Å². The molecule has 2 aliphatic rings. The minimum absolute atomic E-state index is 0.0130. The average molecular weight is 259 g/mol. The molecule has 1 aromatic carbocycles. The predicted molar refractivity (Wildman–Crippen MR) is 74.1 cm³/mol. The molecule has 2 fully saturated rings. The summed E-state index contributed by atoms with van der Waals surface area (Å²) in [6.45, 7) is 2.14. The van der Waals surface area contributed by atoms with Gasteiger partial charge in [0.05, 0.1) is 0 Å². The number of aryl methyl sites for hydroxylation is 1. The Hall–Kier alpha value is -1.51. The molecule has 0 aromatic heterocycles. The van der Waals surface area contributed by atoms with E-state index in [-0.39, 0.29) is 12.5 Å². The highest BCUT2D eigenvalue weighted by Crippen LogP contribution is 2.44. The summed E-state index contributed by atoms with van der Waals surface area (Å²) in [6, 6.07) is 8.19. The molecule has 1 amide bonds. The number of hydrogen-bond acceptors (Lipinski definition) is 2. The first-order chi connectivity index (χ1) is 9.20. The monoisotopic (exact) mass is 259 g/mol. The van der Waals surface area contributed by atoms with Crippen molar-refractivity contribution in [3.8, 4) is 5.75 Å². The molecule has 3 atom stereocenters. The Morgan fingerprint density at radius 3 is 2.95 bits per heavy atom. The lowest BCUT2D eigenvalue weighted by Gasteiger charge is -2.22. The summed E-state index contributed by atoms with van der Waals surface area (Å²) in [6.07, 6.45) is 5.12. The van der Waals surface area contributed by atoms with E-state index in [9.17, 15) is 4.79 Å². The molecule has 0 heterocycles. The van der Waals surface area contributed by atoms with Gasteiger partial charge in [0.2, 0.25) is 0 Å². The Kier molecular flexibility index (Phi) is 3.45. The molecule has 0 spiro atoms. The lowest BCUT2D eigenvalue weighted by molar-refractivity contribution is -0.124. The van der Waals surface area contributed by atoms with E-state index < -0.39 is 0 Å². The van der Waals surface area contributed by atoms with E-state index in [1.165, 1.54) is 25.7 Å². The molecule has 0 unspecified atom stereocenters. The van der Waals surface area contributed by atoms with Gasteiger partial charge < -0.3 is 10.1 Å². The number of benzene rings is 1. The number of amides is 1. The molecule has 1 N–H and O–H groups in total. The van der Waals surface area contributed by atoms with Crippen LogP contribution in [0.25, 0.3) is 0 Å². The average Bonchev–Trinajstić information content (AvgIpc) is 2.99. The van der Waals surface area contributed by atoms with Crippen LogP contribution in [0.3, 0.4) is 0 Å². The third kappa shape index (κ3) is 2.91. The summed E-state index contributed by atoms with van der Waals surface area (Å²) in [7, 11) is 0. The van der Waals surface area contributed by atoms with Gasteiger partial charge in [-0.05, 0) is 55.7 Å². The largest absolute Gasteiger partial charge is 0.484 e. The van der Waals surface area contributed by atoms with Gasteiger partial charge in [0, 0.05) is 6.04 Å². The molecule has 1 aromatic rings. The molecular formula is C16H21NO2. The fourth-order valence-corrected chi connectivity index (χ4v) is 3.52. The number of carbonyl (C=O) groups is 1. The molecular weight excluding hydrogens is 238 g/mol. The van der Waals surface area contributed by atoms with Crippen LogP contribution in [0.5, 0.6) is 5.75 Å². The van der Waals surface area contributed by atoms with Gasteiger partial charge in [-0.2, -0.15) is 0 Å². The molecule has 102 valence electrons. The number of rotatable bonds is 4. The van der Waals surface area contributed by atoms with Gasteiger partial charge in [-0.1, -0.05) is 18.6 Å². The Labute approximate surface area is 114 Å². The van der Waals surface area contributed by atoms with Crippen LogP contribution in [0.1, 0.15) is 31.2 Å². The van der Waals surface area contributed by atoms with Crippen LogP contribution in [0.15, 0.2) is 24.3 Å². The molecule has 2 bridgehead atoms. The molecule has 0 aliphatic heterocycles. The summed E-state index contributed by atoms with van der Waals surface area (Å²) in [4.78, 5) is 11.9. The van der Waals surface area contributed by atoms with Gasteiger partial charge in [-0.25, -0.2) is 0 Å². The number of ether oxygens (including phenoxy) is 1. The first-order valence-corrected chi connectivity index (χ1v) is 7.19. The van der Waals surface area contributed by atoms with Crippen molar-refractivity contribution in [1.29, 1.82) is 0 Å². The minimum Gasteiger partial charge on any atom is -0.484 e. The zero-order chi connectivity index (χ0) is 13.2. The third-order valence-corrected chi connectivity index (χ3v) is 4.44. The maximum atomic E-state index is 11.9. The Morgan fingerprint density at radius 1 is 1.37 bits per heavy atom. The normalized spacial score (nSPS) is 28.4. The van der Waals surface area contributed by atoms with E-state index in [0.717, 1.165) is 17.2 Å². The number of hydrogen-bond donors (Lipinski definition) is 1. The zero-order valence-corrected chi connectivity index (χ0v) is 11.4. The third-order valence-electron chi connectivity index (χ3n) is 4.44. The van der Waals surface area contributed by atoms with E-state index in [1.54, 1.807) is 0 Å². The fourth-order valence-electron chi connectivity index (χ4n) is 3.52. The van der Waals surface area contributed by atoms with Crippen LogP contribution >= 0.6 is 0 Å². The van der Waals surface area contributed by atoms with E-state index in [0.29, 0.717) is 12.0 Å². The number of fused-ring (bicyclic) bond motifs is 2. The second kappa shape index (κ2) is 5.24. The maximum absolute atomic E-state index is 11.9.